The molecule has 4 rings (SSSR count). The molecule has 0 saturated carbocycles. The van der Waals surface area contributed by atoms with E-state index in [0.29, 0.717) is 51.2 Å². The van der Waals surface area contributed by atoms with Crippen LogP contribution in [0.2, 0.25) is 5.02 Å². The van der Waals surface area contributed by atoms with Crippen LogP contribution in [0.4, 0.5) is 11.4 Å². The summed E-state index contributed by atoms with van der Waals surface area (Å²) in [6.07, 6.45) is 14.2. The fourth-order valence-corrected chi connectivity index (χ4v) is 5.88. The zero-order valence-corrected chi connectivity index (χ0v) is 28.7. The summed E-state index contributed by atoms with van der Waals surface area (Å²) in [5.41, 5.74) is 3.49. The highest BCUT2D eigenvalue weighted by Crippen LogP contribution is 2.34. The third-order valence-corrected chi connectivity index (χ3v) is 8.49. The number of carbonyl (C=O) groups is 2. The van der Waals surface area contributed by atoms with Crippen molar-refractivity contribution in [1.29, 1.82) is 0 Å². The van der Waals surface area contributed by atoms with E-state index in [9.17, 15) is 9.59 Å². The summed E-state index contributed by atoms with van der Waals surface area (Å²) in [5, 5.41) is 14.2. The summed E-state index contributed by atoms with van der Waals surface area (Å²) in [5.74, 6) is 0.647. The second-order valence-corrected chi connectivity index (χ2v) is 13.4. The SMILES string of the molecule is CCCCCCCCCCCCCC(=O)Nc1ccc(C(=O)Nc2cc(-c3nc4c(Cl)c(C(C)(C)C)[nH]n4n3)ccc2OC)cc1. The smallest absolute Gasteiger partial charge is 0.255 e. The summed E-state index contributed by atoms with van der Waals surface area (Å²) in [6.45, 7) is 8.44. The van der Waals surface area contributed by atoms with E-state index < -0.39 is 0 Å². The molecule has 46 heavy (non-hydrogen) atoms. The van der Waals surface area contributed by atoms with Crippen LogP contribution in [0.5, 0.6) is 5.75 Å². The van der Waals surface area contributed by atoms with E-state index in [1.807, 2.05) is 6.07 Å². The van der Waals surface area contributed by atoms with Gasteiger partial charge in [0.25, 0.3) is 5.91 Å². The number of fused-ring (bicyclic) bond motifs is 1. The lowest BCUT2D eigenvalue weighted by molar-refractivity contribution is -0.116. The molecule has 10 heteroatoms. The van der Waals surface area contributed by atoms with Crippen LogP contribution in [-0.2, 0) is 10.2 Å². The summed E-state index contributed by atoms with van der Waals surface area (Å²) in [7, 11) is 1.55. The molecule has 0 unspecified atom stereocenters. The molecule has 0 aliphatic rings. The van der Waals surface area contributed by atoms with Crippen LogP contribution in [0.1, 0.15) is 121 Å². The van der Waals surface area contributed by atoms with E-state index in [1.165, 1.54) is 57.8 Å². The number of amides is 2. The number of H-pyrrole nitrogens is 1. The van der Waals surface area contributed by atoms with Crippen molar-refractivity contribution in [2.45, 2.75) is 110 Å². The summed E-state index contributed by atoms with van der Waals surface area (Å²) >= 11 is 6.60. The molecule has 0 bridgehead atoms. The first-order chi connectivity index (χ1) is 22.1. The van der Waals surface area contributed by atoms with Crippen molar-refractivity contribution in [2.24, 2.45) is 0 Å². The molecule has 3 N–H and O–H groups in total. The number of hydrogen-bond donors (Lipinski definition) is 3. The molecule has 0 fully saturated rings. The molecule has 0 saturated heterocycles. The molecular weight excluding hydrogens is 600 g/mol. The standard InChI is InChI=1S/C36H49ClN6O3/c1-6-7-8-9-10-11-12-13-14-15-16-17-30(44)38-27-21-18-25(19-22-27)35(45)39-28-24-26(20-23-29(28)46-5)33-40-34-31(37)32(36(2,3)4)41-43(34)42-33/h18-24,41H,6-17H2,1-5H3,(H,38,44)(H,39,45). The molecule has 2 aromatic heterocycles. The number of halogens is 1. The molecular formula is C36H49ClN6O3. The number of hydrogen-bond acceptors (Lipinski definition) is 5. The number of anilines is 2. The molecule has 2 heterocycles. The number of aromatic amines is 1. The number of ether oxygens (including phenoxy) is 1. The Kier molecular flexibility index (Phi) is 12.7. The molecule has 4 aromatic rings. The summed E-state index contributed by atoms with van der Waals surface area (Å²) in [4.78, 5) is 30.2. The third kappa shape index (κ3) is 9.58. The van der Waals surface area contributed by atoms with Gasteiger partial charge in [0.1, 0.15) is 10.8 Å². The van der Waals surface area contributed by atoms with Crippen LogP contribution in [0.25, 0.3) is 17.0 Å². The first kappa shape index (κ1) is 35.0. The van der Waals surface area contributed by atoms with Gasteiger partial charge in [0, 0.05) is 28.7 Å². The highest BCUT2D eigenvalue weighted by Gasteiger charge is 2.24. The Labute approximate surface area is 277 Å². The van der Waals surface area contributed by atoms with Crippen molar-refractivity contribution >= 4 is 40.4 Å². The second kappa shape index (κ2) is 16.6. The minimum atomic E-state index is -0.308. The minimum Gasteiger partial charge on any atom is -0.495 e. The number of nitrogens with zero attached hydrogens (tertiary/aromatic N) is 3. The normalized spacial score (nSPS) is 11.6. The topological polar surface area (TPSA) is 113 Å². The molecule has 0 spiro atoms. The molecule has 0 radical (unpaired) electrons. The Hall–Kier alpha value is -3.85. The lowest BCUT2D eigenvalue weighted by Crippen LogP contribution is -2.14. The fraction of sp³-hybridized carbons (Fsp3) is 0.500. The second-order valence-electron chi connectivity index (χ2n) is 13.0. The van der Waals surface area contributed by atoms with E-state index >= 15 is 0 Å². The quantitative estimate of drug-likeness (QED) is 0.0987. The lowest BCUT2D eigenvalue weighted by Gasteiger charge is -2.16. The van der Waals surface area contributed by atoms with Crippen LogP contribution in [0.3, 0.4) is 0 Å². The maximum absolute atomic E-state index is 13.2. The first-order valence-corrected chi connectivity index (χ1v) is 17.0. The van der Waals surface area contributed by atoms with Gasteiger partial charge >= 0.3 is 0 Å². The van der Waals surface area contributed by atoms with Gasteiger partial charge in [-0.1, -0.05) is 104 Å². The predicted molar refractivity (Wildman–Crippen MR) is 187 cm³/mol. The summed E-state index contributed by atoms with van der Waals surface area (Å²) in [6, 6.07) is 12.2. The minimum absolute atomic E-state index is 0.00449. The van der Waals surface area contributed by atoms with E-state index in [-0.39, 0.29) is 17.2 Å². The van der Waals surface area contributed by atoms with Gasteiger partial charge in [0.15, 0.2) is 11.5 Å². The van der Waals surface area contributed by atoms with E-state index in [2.05, 4.69) is 53.5 Å². The van der Waals surface area contributed by atoms with E-state index in [4.69, 9.17) is 16.3 Å². The Bertz CT molecular complexity index is 1590. The lowest BCUT2D eigenvalue weighted by atomic mass is 9.92. The number of carbonyl (C=O) groups excluding carboxylic acids is 2. The van der Waals surface area contributed by atoms with Crippen molar-refractivity contribution in [2.75, 3.05) is 17.7 Å². The van der Waals surface area contributed by atoms with E-state index in [0.717, 1.165) is 18.5 Å². The van der Waals surface area contributed by atoms with Gasteiger partial charge in [0.2, 0.25) is 5.91 Å². The highest BCUT2D eigenvalue weighted by molar-refractivity contribution is 6.34. The average molecular weight is 649 g/mol. The fourth-order valence-electron chi connectivity index (χ4n) is 5.44. The number of rotatable bonds is 17. The molecule has 0 aliphatic carbocycles. The zero-order valence-electron chi connectivity index (χ0n) is 28.0. The zero-order chi connectivity index (χ0) is 33.1. The van der Waals surface area contributed by atoms with Gasteiger partial charge < -0.3 is 15.4 Å². The van der Waals surface area contributed by atoms with Crippen LogP contribution < -0.4 is 15.4 Å². The van der Waals surface area contributed by atoms with Gasteiger partial charge in [-0.25, -0.2) is 4.98 Å². The molecule has 9 nitrogen and oxygen atoms in total. The van der Waals surface area contributed by atoms with Gasteiger partial charge in [-0.15, -0.1) is 5.10 Å². The van der Waals surface area contributed by atoms with Crippen LogP contribution in [0, 0.1) is 0 Å². The molecule has 2 amide bonds. The number of nitrogens with one attached hydrogen (secondary N) is 3. The highest BCUT2D eigenvalue weighted by atomic mass is 35.5. The first-order valence-electron chi connectivity index (χ1n) is 16.6. The Morgan fingerprint density at radius 1 is 0.891 bits per heavy atom. The number of benzene rings is 2. The van der Waals surface area contributed by atoms with Gasteiger partial charge in [-0.05, 0) is 48.9 Å². The van der Waals surface area contributed by atoms with E-state index in [1.54, 1.807) is 48.1 Å². The largest absolute Gasteiger partial charge is 0.495 e. The average Bonchev–Trinajstić information content (AvgIpc) is 3.59. The maximum atomic E-state index is 13.2. The Morgan fingerprint density at radius 2 is 1.52 bits per heavy atom. The Morgan fingerprint density at radius 3 is 2.11 bits per heavy atom. The van der Waals surface area contributed by atoms with Crippen molar-refractivity contribution in [1.82, 2.24) is 19.8 Å². The monoisotopic (exact) mass is 648 g/mol. The van der Waals surface area contributed by atoms with Gasteiger partial charge in [0.05, 0.1) is 18.5 Å². The molecule has 0 atom stereocenters. The third-order valence-electron chi connectivity index (χ3n) is 8.13. The number of aromatic nitrogens is 4. The van der Waals surface area contributed by atoms with Crippen molar-refractivity contribution < 1.29 is 14.3 Å². The van der Waals surface area contributed by atoms with Crippen LogP contribution >= 0.6 is 11.6 Å². The van der Waals surface area contributed by atoms with Crippen molar-refractivity contribution in [3.63, 3.8) is 0 Å². The molecule has 248 valence electrons. The molecule has 0 aliphatic heterocycles. The van der Waals surface area contributed by atoms with Crippen molar-refractivity contribution in [3.8, 4) is 17.1 Å². The summed E-state index contributed by atoms with van der Waals surface area (Å²) < 4.78 is 7.07. The number of unbranched alkanes of at least 4 members (excludes halogenated alkanes) is 10. The Balaban J connectivity index is 1.27. The maximum Gasteiger partial charge on any atom is 0.255 e. The molecule has 2 aromatic carbocycles. The van der Waals surface area contributed by atoms with Crippen LogP contribution in [-0.4, -0.2) is 38.7 Å². The van der Waals surface area contributed by atoms with Gasteiger partial charge in [-0.2, -0.15) is 4.63 Å². The predicted octanol–water partition coefficient (Wildman–Crippen LogP) is 9.58. The van der Waals surface area contributed by atoms with Crippen molar-refractivity contribution in [3.05, 3.63) is 58.7 Å². The number of methoxy groups -OCH3 is 1. The van der Waals surface area contributed by atoms with Gasteiger partial charge in [-0.3, -0.25) is 14.7 Å². The van der Waals surface area contributed by atoms with Crippen LogP contribution in [0.15, 0.2) is 42.5 Å².